The smallest absolute Gasteiger partial charge is 0.272 e. The molecule has 2 fully saturated rings. The number of aromatic nitrogens is 1. The summed E-state index contributed by atoms with van der Waals surface area (Å²) in [7, 11) is 0. The highest BCUT2D eigenvalue weighted by Crippen LogP contribution is 2.43. The standard InChI is InChI=1S/C27H23N3O3/c31-18-24-26(21-13-11-20(12-14-21)10-9-19-6-2-1-3-7-19)23-16-29(17-25(32)30(23)24)27(33)22-8-4-5-15-28-22/h1-8,11-15,23-24,26,31H,16-18H2/t23-,24+,26+/m1/s1. The maximum atomic E-state index is 12.9. The first kappa shape index (κ1) is 20.9. The number of rotatable bonds is 3. The quantitative estimate of drug-likeness (QED) is 0.638. The van der Waals surface area contributed by atoms with E-state index in [1.54, 1.807) is 34.2 Å². The van der Waals surface area contributed by atoms with Crippen LogP contribution in [0, 0.1) is 11.8 Å². The Bertz CT molecular complexity index is 1220. The van der Waals surface area contributed by atoms with Crippen molar-refractivity contribution < 1.29 is 14.7 Å². The molecule has 3 heterocycles. The van der Waals surface area contributed by atoms with Crippen molar-refractivity contribution in [2.24, 2.45) is 0 Å². The van der Waals surface area contributed by atoms with Gasteiger partial charge in [-0.05, 0) is 42.0 Å². The van der Waals surface area contributed by atoms with Gasteiger partial charge in [-0.3, -0.25) is 14.6 Å². The van der Waals surface area contributed by atoms with Crippen LogP contribution in [0.1, 0.15) is 33.1 Å². The fourth-order valence-corrected chi connectivity index (χ4v) is 4.76. The molecule has 5 rings (SSSR count). The molecule has 0 spiro atoms. The number of hydrogen-bond acceptors (Lipinski definition) is 4. The monoisotopic (exact) mass is 437 g/mol. The molecule has 2 aromatic carbocycles. The third-order valence-corrected chi connectivity index (χ3v) is 6.34. The molecular weight excluding hydrogens is 414 g/mol. The zero-order valence-electron chi connectivity index (χ0n) is 18.0. The Labute approximate surface area is 192 Å². The van der Waals surface area contributed by atoms with Gasteiger partial charge in [0.15, 0.2) is 0 Å². The number of carbonyl (C=O) groups excluding carboxylic acids is 2. The zero-order valence-corrected chi connectivity index (χ0v) is 18.0. The highest BCUT2D eigenvalue weighted by atomic mass is 16.3. The van der Waals surface area contributed by atoms with Crippen LogP contribution < -0.4 is 0 Å². The minimum atomic E-state index is -0.282. The van der Waals surface area contributed by atoms with Crippen molar-refractivity contribution in [2.45, 2.75) is 18.0 Å². The molecule has 0 unspecified atom stereocenters. The van der Waals surface area contributed by atoms with Crippen molar-refractivity contribution in [2.75, 3.05) is 19.7 Å². The van der Waals surface area contributed by atoms with Crippen molar-refractivity contribution in [3.05, 3.63) is 101 Å². The fourth-order valence-electron chi connectivity index (χ4n) is 4.76. The van der Waals surface area contributed by atoms with Crippen molar-refractivity contribution >= 4 is 11.8 Å². The van der Waals surface area contributed by atoms with Crippen LogP contribution >= 0.6 is 0 Å². The number of aliphatic hydroxyl groups is 1. The molecule has 3 aromatic rings. The van der Waals surface area contributed by atoms with Gasteiger partial charge in [0.2, 0.25) is 5.91 Å². The molecule has 6 heteroatoms. The number of nitrogens with zero attached hydrogens (tertiary/aromatic N) is 3. The highest BCUT2D eigenvalue weighted by molar-refractivity contribution is 5.96. The van der Waals surface area contributed by atoms with Gasteiger partial charge in [0.25, 0.3) is 5.91 Å². The molecule has 2 saturated heterocycles. The molecule has 3 atom stereocenters. The summed E-state index contributed by atoms with van der Waals surface area (Å²) in [6, 6.07) is 22.5. The van der Waals surface area contributed by atoms with Crippen molar-refractivity contribution in [3.8, 4) is 11.8 Å². The van der Waals surface area contributed by atoms with Gasteiger partial charge in [0, 0.05) is 29.8 Å². The Morgan fingerprint density at radius 1 is 0.970 bits per heavy atom. The van der Waals surface area contributed by atoms with E-state index in [0.29, 0.717) is 12.2 Å². The van der Waals surface area contributed by atoms with E-state index in [9.17, 15) is 14.7 Å². The van der Waals surface area contributed by atoms with Gasteiger partial charge in [-0.1, -0.05) is 48.2 Å². The van der Waals surface area contributed by atoms with E-state index in [1.165, 1.54) is 0 Å². The molecule has 33 heavy (non-hydrogen) atoms. The van der Waals surface area contributed by atoms with Crippen molar-refractivity contribution in [1.82, 2.24) is 14.8 Å². The third kappa shape index (κ3) is 3.99. The second-order valence-electron chi connectivity index (χ2n) is 8.28. The van der Waals surface area contributed by atoms with Crippen LogP contribution in [-0.2, 0) is 4.79 Å². The summed E-state index contributed by atoms with van der Waals surface area (Å²) in [5.74, 6) is 5.88. The van der Waals surface area contributed by atoms with Crippen LogP contribution in [0.5, 0.6) is 0 Å². The molecule has 1 aromatic heterocycles. The lowest BCUT2D eigenvalue weighted by atomic mass is 9.73. The molecule has 0 radical (unpaired) electrons. The number of benzene rings is 2. The van der Waals surface area contributed by atoms with E-state index in [0.717, 1.165) is 16.7 Å². The number of piperazine rings is 1. The molecular formula is C27H23N3O3. The maximum absolute atomic E-state index is 12.9. The predicted molar refractivity (Wildman–Crippen MR) is 123 cm³/mol. The van der Waals surface area contributed by atoms with E-state index in [4.69, 9.17) is 0 Å². The van der Waals surface area contributed by atoms with Crippen LogP contribution in [-0.4, -0.2) is 63.5 Å². The number of aliphatic hydroxyl groups excluding tert-OH is 1. The molecule has 164 valence electrons. The van der Waals surface area contributed by atoms with Crippen LogP contribution in [0.15, 0.2) is 79.0 Å². The van der Waals surface area contributed by atoms with Gasteiger partial charge in [-0.15, -0.1) is 0 Å². The van der Waals surface area contributed by atoms with Crippen LogP contribution in [0.3, 0.4) is 0 Å². The minimum absolute atomic E-state index is 0.00312. The number of hydrogen-bond donors (Lipinski definition) is 1. The van der Waals surface area contributed by atoms with Gasteiger partial charge in [0.1, 0.15) is 12.2 Å². The first-order chi connectivity index (χ1) is 16.2. The maximum Gasteiger partial charge on any atom is 0.272 e. The molecule has 2 amide bonds. The van der Waals surface area contributed by atoms with Crippen LogP contribution in [0.4, 0.5) is 0 Å². The molecule has 6 nitrogen and oxygen atoms in total. The molecule has 2 aliphatic rings. The lowest BCUT2D eigenvalue weighted by Gasteiger charge is -2.58. The number of amides is 2. The van der Waals surface area contributed by atoms with E-state index in [-0.39, 0.29) is 43.0 Å². The van der Waals surface area contributed by atoms with Crippen LogP contribution in [0.25, 0.3) is 0 Å². The van der Waals surface area contributed by atoms with E-state index in [1.807, 2.05) is 54.6 Å². The van der Waals surface area contributed by atoms with E-state index >= 15 is 0 Å². The zero-order chi connectivity index (χ0) is 22.8. The van der Waals surface area contributed by atoms with Gasteiger partial charge in [-0.25, -0.2) is 0 Å². The summed E-state index contributed by atoms with van der Waals surface area (Å²) in [5, 5.41) is 9.99. The molecule has 2 aliphatic heterocycles. The third-order valence-electron chi connectivity index (χ3n) is 6.34. The van der Waals surface area contributed by atoms with Crippen molar-refractivity contribution in [1.29, 1.82) is 0 Å². The first-order valence-electron chi connectivity index (χ1n) is 10.9. The fraction of sp³-hybridized carbons (Fsp3) is 0.222. The Morgan fingerprint density at radius 3 is 2.33 bits per heavy atom. The Hall–Kier alpha value is -3.95. The number of pyridine rings is 1. The molecule has 0 saturated carbocycles. The largest absolute Gasteiger partial charge is 0.394 e. The normalized spacial score (nSPS) is 21.5. The average Bonchev–Trinajstić information content (AvgIpc) is 2.85. The Kier molecular flexibility index (Phi) is 5.64. The summed E-state index contributed by atoms with van der Waals surface area (Å²) in [6.45, 7) is 0.303. The summed E-state index contributed by atoms with van der Waals surface area (Å²) in [5.41, 5.74) is 3.20. The van der Waals surface area contributed by atoms with Crippen LogP contribution in [0.2, 0.25) is 0 Å². The van der Waals surface area contributed by atoms with E-state index < -0.39 is 0 Å². The van der Waals surface area contributed by atoms with Crippen molar-refractivity contribution in [3.63, 3.8) is 0 Å². The van der Waals surface area contributed by atoms with Gasteiger partial charge < -0.3 is 14.9 Å². The lowest BCUT2D eigenvalue weighted by molar-refractivity contribution is -0.159. The summed E-state index contributed by atoms with van der Waals surface area (Å²) < 4.78 is 0. The Balaban J connectivity index is 1.35. The Morgan fingerprint density at radius 2 is 1.67 bits per heavy atom. The van der Waals surface area contributed by atoms with Gasteiger partial charge >= 0.3 is 0 Å². The topological polar surface area (TPSA) is 73.7 Å². The lowest BCUT2D eigenvalue weighted by Crippen LogP contribution is -2.73. The van der Waals surface area contributed by atoms with Gasteiger partial charge in [0.05, 0.1) is 18.7 Å². The molecule has 0 bridgehead atoms. The average molecular weight is 437 g/mol. The SMILES string of the molecule is O=C(c1ccccn1)N1CC(=O)N2[C@H](C1)[C@H](c1ccc(C#Cc3ccccc3)cc1)[C@@H]2CO. The summed E-state index contributed by atoms with van der Waals surface area (Å²) in [4.78, 5) is 33.1. The summed E-state index contributed by atoms with van der Waals surface area (Å²) in [6.07, 6.45) is 1.57. The second-order valence-corrected chi connectivity index (χ2v) is 8.28. The number of fused-ring (bicyclic) bond motifs is 1. The summed E-state index contributed by atoms with van der Waals surface area (Å²) >= 11 is 0. The minimum Gasteiger partial charge on any atom is -0.394 e. The predicted octanol–water partition coefficient (Wildman–Crippen LogP) is 2.29. The second kappa shape index (κ2) is 8.89. The highest BCUT2D eigenvalue weighted by Gasteiger charge is 2.54. The number of carbonyl (C=O) groups is 2. The molecule has 0 aliphatic carbocycles. The van der Waals surface area contributed by atoms with E-state index in [2.05, 4.69) is 16.8 Å². The van der Waals surface area contributed by atoms with Gasteiger partial charge in [-0.2, -0.15) is 0 Å². The first-order valence-corrected chi connectivity index (χ1v) is 10.9. The molecule has 1 N–H and O–H groups in total.